The fourth-order valence-corrected chi connectivity index (χ4v) is 2.96. The first kappa shape index (κ1) is 12.8. The summed E-state index contributed by atoms with van der Waals surface area (Å²) >= 11 is 0. The molecule has 4 rings (SSSR count). The average Bonchev–Trinajstić information content (AvgIpc) is 2.59. The fraction of sp³-hybridized carbons (Fsp3) is 0.0500. The van der Waals surface area contributed by atoms with Crippen LogP contribution in [0.3, 0.4) is 0 Å². The Morgan fingerprint density at radius 2 is 1.14 bits per heavy atom. The van der Waals surface area contributed by atoms with Gasteiger partial charge in [-0.15, -0.1) is 0 Å². The second-order valence-corrected chi connectivity index (χ2v) is 5.39. The summed E-state index contributed by atoms with van der Waals surface area (Å²) in [6.45, 7) is 0. The van der Waals surface area contributed by atoms with Gasteiger partial charge < -0.3 is 4.57 Å². The minimum absolute atomic E-state index is 0.978. The molecule has 4 aromatic rings. The Morgan fingerprint density at radius 1 is 0.636 bits per heavy atom. The molecule has 1 aromatic heterocycles. The molecule has 0 amide bonds. The molecule has 0 bridgehead atoms. The third-order valence-corrected chi connectivity index (χ3v) is 4.04. The molecule has 0 unspecified atom stereocenters. The monoisotopic (exact) mass is 284 g/mol. The summed E-state index contributed by atoms with van der Waals surface area (Å²) in [4.78, 5) is 4.93. The Kier molecular flexibility index (Phi) is 3.01. The molecular formula is C20H16N2. The van der Waals surface area contributed by atoms with Gasteiger partial charge in [0.05, 0.1) is 22.1 Å². The van der Waals surface area contributed by atoms with Gasteiger partial charge in [-0.1, -0.05) is 54.6 Å². The summed E-state index contributed by atoms with van der Waals surface area (Å²) in [5.74, 6) is 0. The first-order valence-electron chi connectivity index (χ1n) is 7.41. The number of fused-ring (bicyclic) bond motifs is 2. The van der Waals surface area contributed by atoms with Crippen LogP contribution in [0.5, 0.6) is 0 Å². The molecule has 0 aliphatic rings. The molecule has 0 aliphatic heterocycles. The van der Waals surface area contributed by atoms with Gasteiger partial charge in [-0.3, -0.25) is 0 Å². The number of hydrogen-bond donors (Lipinski definition) is 0. The zero-order chi connectivity index (χ0) is 14.9. The minimum Gasteiger partial charge on any atom is -0.344 e. The molecule has 0 fully saturated rings. The summed E-state index contributed by atoms with van der Waals surface area (Å²) in [5.41, 5.74) is 3.36. The van der Waals surface area contributed by atoms with Crippen LogP contribution >= 0.6 is 0 Å². The Balaban J connectivity index is 2.24. The predicted molar refractivity (Wildman–Crippen MR) is 92.1 cm³/mol. The molecule has 106 valence electrons. The van der Waals surface area contributed by atoms with Gasteiger partial charge in [0.15, 0.2) is 0 Å². The quantitative estimate of drug-likeness (QED) is 0.456. The number of benzene rings is 3. The van der Waals surface area contributed by atoms with Crippen molar-refractivity contribution in [2.75, 3.05) is 0 Å². The first-order chi connectivity index (χ1) is 10.8. The van der Waals surface area contributed by atoms with Crippen molar-refractivity contribution in [1.82, 2.24) is 4.57 Å². The maximum absolute atomic E-state index is 4.93. The molecule has 2 nitrogen and oxygen atoms in total. The van der Waals surface area contributed by atoms with Gasteiger partial charge in [0.1, 0.15) is 0 Å². The Labute approximate surface area is 129 Å². The van der Waals surface area contributed by atoms with Gasteiger partial charge in [0, 0.05) is 17.8 Å². The third kappa shape index (κ3) is 2.01. The van der Waals surface area contributed by atoms with E-state index in [-0.39, 0.29) is 0 Å². The van der Waals surface area contributed by atoms with E-state index < -0.39 is 0 Å². The molecular weight excluding hydrogens is 268 g/mol. The van der Waals surface area contributed by atoms with Crippen molar-refractivity contribution < 1.29 is 0 Å². The van der Waals surface area contributed by atoms with Crippen molar-refractivity contribution in [2.24, 2.45) is 12.0 Å². The van der Waals surface area contributed by atoms with Crippen molar-refractivity contribution in [1.29, 1.82) is 0 Å². The Morgan fingerprint density at radius 3 is 1.73 bits per heavy atom. The highest BCUT2D eigenvalue weighted by Gasteiger charge is 2.06. The van der Waals surface area contributed by atoms with E-state index in [0.717, 1.165) is 11.0 Å². The summed E-state index contributed by atoms with van der Waals surface area (Å²) in [6, 6.07) is 27.0. The van der Waals surface area contributed by atoms with Gasteiger partial charge in [-0.2, -0.15) is 0 Å². The molecule has 0 radical (unpaired) electrons. The highest BCUT2D eigenvalue weighted by Crippen LogP contribution is 2.19. The fourth-order valence-electron chi connectivity index (χ4n) is 2.96. The first-order valence-corrected chi connectivity index (χ1v) is 7.41. The second-order valence-electron chi connectivity index (χ2n) is 5.39. The van der Waals surface area contributed by atoms with Crippen LogP contribution < -0.4 is 5.36 Å². The number of nitrogens with zero attached hydrogens (tertiary/aromatic N) is 2. The van der Waals surface area contributed by atoms with E-state index in [1.54, 1.807) is 0 Å². The van der Waals surface area contributed by atoms with Crippen LogP contribution in [-0.4, -0.2) is 4.57 Å². The molecule has 0 saturated heterocycles. The van der Waals surface area contributed by atoms with Crippen molar-refractivity contribution in [3.05, 3.63) is 84.2 Å². The SMILES string of the molecule is Cn1c2ccccc2c(=Nc2ccccc2)c2ccccc21. The summed E-state index contributed by atoms with van der Waals surface area (Å²) < 4.78 is 2.23. The lowest BCUT2D eigenvalue weighted by atomic mass is 10.1. The number of para-hydroxylation sites is 3. The third-order valence-electron chi connectivity index (χ3n) is 4.04. The standard InChI is InChI=1S/C20H16N2/c1-22-18-13-7-5-11-16(18)20(17-12-6-8-14-19(17)22)21-15-9-3-2-4-10-15/h2-14H,1H3. The molecule has 22 heavy (non-hydrogen) atoms. The van der Waals surface area contributed by atoms with Crippen LogP contribution in [0.2, 0.25) is 0 Å². The average molecular weight is 284 g/mol. The molecule has 0 N–H and O–H groups in total. The van der Waals surface area contributed by atoms with E-state index in [2.05, 4.69) is 60.1 Å². The van der Waals surface area contributed by atoms with Gasteiger partial charge >= 0.3 is 0 Å². The van der Waals surface area contributed by atoms with Gasteiger partial charge in [-0.05, 0) is 24.3 Å². The normalized spacial score (nSPS) is 11.0. The van der Waals surface area contributed by atoms with Crippen LogP contribution in [0.15, 0.2) is 83.9 Å². The van der Waals surface area contributed by atoms with Crippen molar-refractivity contribution >= 4 is 27.5 Å². The number of aromatic nitrogens is 1. The van der Waals surface area contributed by atoms with Crippen molar-refractivity contribution in [2.45, 2.75) is 0 Å². The molecule has 2 heteroatoms. The highest BCUT2D eigenvalue weighted by atomic mass is 14.9. The van der Waals surface area contributed by atoms with E-state index in [0.29, 0.717) is 0 Å². The van der Waals surface area contributed by atoms with Crippen molar-refractivity contribution in [3.63, 3.8) is 0 Å². The van der Waals surface area contributed by atoms with E-state index >= 15 is 0 Å². The lowest BCUT2D eigenvalue weighted by Gasteiger charge is -2.11. The molecule has 3 aromatic carbocycles. The molecule has 0 atom stereocenters. The second kappa shape index (κ2) is 5.15. The van der Waals surface area contributed by atoms with Crippen LogP contribution in [0, 0.1) is 0 Å². The smallest absolute Gasteiger partial charge is 0.0823 e. The Hall–Kier alpha value is -2.87. The molecule has 0 aliphatic carbocycles. The lowest BCUT2D eigenvalue weighted by molar-refractivity contribution is 1.00. The van der Waals surface area contributed by atoms with Crippen LogP contribution in [0.4, 0.5) is 5.69 Å². The zero-order valence-corrected chi connectivity index (χ0v) is 12.4. The molecule has 0 saturated carbocycles. The van der Waals surface area contributed by atoms with E-state index in [4.69, 9.17) is 4.99 Å². The van der Waals surface area contributed by atoms with Gasteiger partial charge in [0.25, 0.3) is 0 Å². The van der Waals surface area contributed by atoms with E-state index in [1.165, 1.54) is 21.8 Å². The van der Waals surface area contributed by atoms with E-state index in [9.17, 15) is 0 Å². The molecule has 1 heterocycles. The number of aryl methyl sites for hydroxylation is 1. The van der Waals surface area contributed by atoms with Crippen LogP contribution in [-0.2, 0) is 7.05 Å². The lowest BCUT2D eigenvalue weighted by Crippen LogP contribution is -2.10. The highest BCUT2D eigenvalue weighted by molar-refractivity contribution is 5.93. The summed E-state index contributed by atoms with van der Waals surface area (Å²) in [7, 11) is 2.11. The van der Waals surface area contributed by atoms with Crippen LogP contribution in [0.1, 0.15) is 0 Å². The molecule has 0 spiro atoms. The summed E-state index contributed by atoms with van der Waals surface area (Å²) in [6.07, 6.45) is 0. The predicted octanol–water partition coefficient (Wildman–Crippen LogP) is 4.56. The topological polar surface area (TPSA) is 17.3 Å². The number of pyridine rings is 1. The minimum atomic E-state index is 0.978. The zero-order valence-electron chi connectivity index (χ0n) is 12.4. The van der Waals surface area contributed by atoms with Gasteiger partial charge in [-0.25, -0.2) is 4.99 Å². The number of rotatable bonds is 1. The van der Waals surface area contributed by atoms with Crippen LogP contribution in [0.25, 0.3) is 21.8 Å². The number of hydrogen-bond acceptors (Lipinski definition) is 1. The van der Waals surface area contributed by atoms with Gasteiger partial charge in [0.2, 0.25) is 0 Å². The Bertz CT molecular complexity index is 968. The van der Waals surface area contributed by atoms with Crippen molar-refractivity contribution in [3.8, 4) is 0 Å². The summed E-state index contributed by atoms with van der Waals surface area (Å²) in [5, 5.41) is 3.38. The maximum Gasteiger partial charge on any atom is 0.0823 e. The largest absolute Gasteiger partial charge is 0.344 e. The van der Waals surface area contributed by atoms with E-state index in [1.807, 2.05) is 30.3 Å². The maximum atomic E-state index is 4.93.